The highest BCUT2D eigenvalue weighted by molar-refractivity contribution is 6.44. The van der Waals surface area contributed by atoms with Gasteiger partial charge in [0.25, 0.3) is 11.7 Å². The van der Waals surface area contributed by atoms with Crippen molar-refractivity contribution in [2.45, 2.75) is 40.5 Å². The third-order valence-corrected chi connectivity index (χ3v) is 3.30. The summed E-state index contributed by atoms with van der Waals surface area (Å²) in [4.78, 5) is 29.4. The van der Waals surface area contributed by atoms with Crippen LogP contribution in [0.2, 0.25) is 0 Å². The molecule has 122 valence electrons. The van der Waals surface area contributed by atoms with Crippen molar-refractivity contribution in [2.75, 3.05) is 13.1 Å². The lowest BCUT2D eigenvalue weighted by Crippen LogP contribution is -2.37. The number of nitrogens with zero attached hydrogens (tertiary/aromatic N) is 1. The fraction of sp³-hybridized carbons (Fsp3) is 0.444. The molecule has 2 aromatic rings. The summed E-state index contributed by atoms with van der Waals surface area (Å²) in [6, 6.07) is 7.52. The van der Waals surface area contributed by atoms with Gasteiger partial charge >= 0.3 is 0 Å². The minimum absolute atomic E-state index is 0. The summed E-state index contributed by atoms with van der Waals surface area (Å²) in [5.74, 6) is -0.831. The quantitative estimate of drug-likeness (QED) is 0.640. The highest BCUT2D eigenvalue weighted by Crippen LogP contribution is 2.19. The van der Waals surface area contributed by atoms with Crippen LogP contribution in [0.15, 0.2) is 30.5 Å². The monoisotopic (exact) mass is 304 g/mol. The van der Waals surface area contributed by atoms with Crippen molar-refractivity contribution in [3.8, 4) is 0 Å². The number of para-hydroxylation sites is 1. The molecule has 1 heterocycles. The summed E-state index contributed by atoms with van der Waals surface area (Å²) in [6.07, 6.45) is 3.33. The Morgan fingerprint density at radius 3 is 2.27 bits per heavy atom. The second kappa shape index (κ2) is 9.03. The Morgan fingerprint density at radius 2 is 1.68 bits per heavy atom. The second-order valence-corrected chi connectivity index (χ2v) is 4.87. The molecule has 2 rings (SSSR count). The zero-order valence-corrected chi connectivity index (χ0v) is 14.0. The van der Waals surface area contributed by atoms with Gasteiger partial charge in [-0.3, -0.25) is 9.59 Å². The predicted octanol–water partition coefficient (Wildman–Crippen LogP) is 4.27. The van der Waals surface area contributed by atoms with Crippen molar-refractivity contribution in [1.82, 2.24) is 9.88 Å². The first-order valence-corrected chi connectivity index (χ1v) is 8.08. The van der Waals surface area contributed by atoms with Crippen LogP contribution in [0.25, 0.3) is 10.9 Å². The lowest BCUT2D eigenvalue weighted by molar-refractivity contribution is -0.126. The molecule has 4 heteroatoms. The van der Waals surface area contributed by atoms with Crippen molar-refractivity contribution < 1.29 is 11.0 Å². The van der Waals surface area contributed by atoms with E-state index in [0.717, 1.165) is 23.7 Å². The molecule has 0 radical (unpaired) electrons. The number of aromatic nitrogens is 1. The lowest BCUT2D eigenvalue weighted by atomic mass is 10.1. The Bertz CT molecular complexity index is 616. The molecule has 0 aliphatic rings. The maximum atomic E-state index is 12.4. The van der Waals surface area contributed by atoms with Gasteiger partial charge in [-0.25, -0.2) is 0 Å². The van der Waals surface area contributed by atoms with E-state index in [2.05, 4.69) is 4.98 Å². The molecule has 0 aliphatic carbocycles. The summed E-state index contributed by atoms with van der Waals surface area (Å²) in [5.41, 5.74) is 1.34. The zero-order chi connectivity index (χ0) is 16.5. The van der Waals surface area contributed by atoms with E-state index in [1.807, 2.05) is 52.0 Å². The average molecular weight is 304 g/mol. The van der Waals surface area contributed by atoms with Gasteiger partial charge in [0.2, 0.25) is 0 Å². The molecule has 1 aromatic carbocycles. The number of Topliss-reactive ketones (excluding diaryl/α,β-unsaturated/α-hetero) is 1. The number of ketones is 1. The van der Waals surface area contributed by atoms with Crippen LogP contribution in [0.4, 0.5) is 0 Å². The number of fused-ring (bicyclic) bond motifs is 1. The first kappa shape index (κ1) is 18.0. The fourth-order valence-corrected chi connectivity index (χ4v) is 2.37. The minimum atomic E-state index is -0.427. The van der Waals surface area contributed by atoms with E-state index in [1.54, 1.807) is 11.1 Å². The van der Waals surface area contributed by atoms with Crippen molar-refractivity contribution in [3.05, 3.63) is 36.0 Å². The maximum Gasteiger partial charge on any atom is 0.295 e. The lowest BCUT2D eigenvalue weighted by Gasteiger charge is -2.20. The van der Waals surface area contributed by atoms with Gasteiger partial charge in [-0.2, -0.15) is 0 Å². The Kier molecular flexibility index (Phi) is 7.37. The van der Waals surface area contributed by atoms with Crippen LogP contribution in [-0.4, -0.2) is 34.7 Å². The molecule has 0 bridgehead atoms. The summed E-state index contributed by atoms with van der Waals surface area (Å²) >= 11 is 0. The molecule has 0 saturated carbocycles. The van der Waals surface area contributed by atoms with Crippen molar-refractivity contribution in [1.29, 1.82) is 0 Å². The van der Waals surface area contributed by atoms with E-state index in [0.29, 0.717) is 18.7 Å². The van der Waals surface area contributed by atoms with Crippen LogP contribution < -0.4 is 0 Å². The van der Waals surface area contributed by atoms with E-state index in [9.17, 15) is 9.59 Å². The van der Waals surface area contributed by atoms with Gasteiger partial charge in [-0.1, -0.05) is 45.9 Å². The normalized spacial score (nSPS) is 10.0. The third-order valence-electron chi connectivity index (χ3n) is 3.30. The number of carbonyl (C=O) groups is 2. The van der Waals surface area contributed by atoms with E-state index >= 15 is 0 Å². The SMILES string of the molecule is CC.CCCN(CCC)C(=O)C(=O)c1c[nH]c2ccccc12.[HH]. The van der Waals surface area contributed by atoms with Gasteiger partial charge in [-0.05, 0) is 18.9 Å². The van der Waals surface area contributed by atoms with Gasteiger partial charge in [0, 0.05) is 31.6 Å². The van der Waals surface area contributed by atoms with Crippen LogP contribution >= 0.6 is 0 Å². The number of rotatable bonds is 6. The molecule has 0 aliphatic heterocycles. The Hall–Kier alpha value is -2.10. The molecule has 0 spiro atoms. The molecule has 0 unspecified atom stereocenters. The van der Waals surface area contributed by atoms with E-state index in [4.69, 9.17) is 0 Å². The summed E-state index contributed by atoms with van der Waals surface area (Å²) in [5, 5.41) is 0.804. The Labute approximate surface area is 134 Å². The van der Waals surface area contributed by atoms with Gasteiger partial charge in [-0.15, -0.1) is 0 Å². The number of carbonyl (C=O) groups excluding carboxylic acids is 2. The smallest absolute Gasteiger partial charge is 0.295 e. The number of benzene rings is 1. The van der Waals surface area contributed by atoms with Crippen molar-refractivity contribution in [3.63, 3.8) is 0 Å². The number of amides is 1. The van der Waals surface area contributed by atoms with Gasteiger partial charge in [0.15, 0.2) is 0 Å². The standard InChI is InChI=1S/C16H20N2O2.C2H6.H2/c1-3-9-18(10-4-2)16(20)15(19)13-11-17-14-8-6-5-7-12(13)14;1-2;/h5-8,11,17H,3-4,9-10H2,1-2H3;1-2H3;1H. The number of aromatic amines is 1. The fourth-order valence-electron chi connectivity index (χ4n) is 2.37. The van der Waals surface area contributed by atoms with Crippen LogP contribution in [0.3, 0.4) is 0 Å². The average Bonchev–Trinajstić information content (AvgIpc) is 2.99. The molecule has 22 heavy (non-hydrogen) atoms. The highest BCUT2D eigenvalue weighted by atomic mass is 16.2. The van der Waals surface area contributed by atoms with Crippen molar-refractivity contribution >= 4 is 22.6 Å². The van der Waals surface area contributed by atoms with Crippen LogP contribution in [-0.2, 0) is 4.79 Å². The predicted molar refractivity (Wildman–Crippen MR) is 93.3 cm³/mol. The molecular formula is C18H28N2O2. The van der Waals surface area contributed by atoms with Crippen LogP contribution in [0, 0.1) is 0 Å². The first-order valence-electron chi connectivity index (χ1n) is 8.08. The molecule has 0 fully saturated rings. The summed E-state index contributed by atoms with van der Waals surface area (Å²) in [6.45, 7) is 9.26. The molecule has 1 N–H and O–H groups in total. The topological polar surface area (TPSA) is 53.2 Å². The molecule has 1 amide bonds. The summed E-state index contributed by atoms with van der Waals surface area (Å²) in [7, 11) is 0. The molecule has 4 nitrogen and oxygen atoms in total. The summed E-state index contributed by atoms with van der Waals surface area (Å²) < 4.78 is 0. The number of hydrogen-bond donors (Lipinski definition) is 1. The van der Waals surface area contributed by atoms with Gasteiger partial charge in [0.1, 0.15) is 0 Å². The first-order chi connectivity index (χ1) is 10.7. The third kappa shape index (κ3) is 3.97. The molecular weight excluding hydrogens is 276 g/mol. The Balaban J connectivity index is 0.00000155. The second-order valence-electron chi connectivity index (χ2n) is 4.87. The number of nitrogens with one attached hydrogen (secondary N) is 1. The van der Waals surface area contributed by atoms with Gasteiger partial charge in [0.05, 0.1) is 5.56 Å². The molecule has 0 saturated heterocycles. The van der Waals surface area contributed by atoms with Gasteiger partial charge < -0.3 is 9.88 Å². The number of hydrogen-bond acceptors (Lipinski definition) is 2. The molecule has 1 aromatic heterocycles. The van der Waals surface area contributed by atoms with Crippen LogP contribution in [0.1, 0.15) is 52.3 Å². The largest absolute Gasteiger partial charge is 0.360 e. The Morgan fingerprint density at radius 1 is 1.09 bits per heavy atom. The minimum Gasteiger partial charge on any atom is -0.360 e. The van der Waals surface area contributed by atoms with Crippen molar-refractivity contribution in [2.24, 2.45) is 0 Å². The van der Waals surface area contributed by atoms with E-state index < -0.39 is 11.7 Å². The zero-order valence-electron chi connectivity index (χ0n) is 14.0. The number of H-pyrrole nitrogens is 1. The van der Waals surface area contributed by atoms with Crippen LogP contribution in [0.5, 0.6) is 0 Å². The van der Waals surface area contributed by atoms with E-state index in [-0.39, 0.29) is 1.43 Å². The maximum absolute atomic E-state index is 12.4. The van der Waals surface area contributed by atoms with E-state index in [1.165, 1.54) is 0 Å². The highest BCUT2D eigenvalue weighted by Gasteiger charge is 2.24. The molecule has 0 atom stereocenters.